The average molecular weight is 479 g/mol. The Morgan fingerprint density at radius 3 is 2.65 bits per heavy atom. The van der Waals surface area contributed by atoms with Crippen LogP contribution in [-0.4, -0.2) is 30.6 Å². The van der Waals surface area contributed by atoms with Crippen molar-refractivity contribution in [3.8, 4) is 17.3 Å². The Morgan fingerprint density at radius 2 is 1.84 bits per heavy atom. The zero-order valence-corrected chi connectivity index (χ0v) is 17.2. The Hall–Kier alpha value is -3.92. The quantitative estimate of drug-likeness (QED) is 0.404. The highest BCUT2D eigenvalue weighted by atomic mass is 79.9. The molecule has 0 spiro atoms. The van der Waals surface area contributed by atoms with Crippen molar-refractivity contribution in [3.05, 3.63) is 83.2 Å². The van der Waals surface area contributed by atoms with Crippen molar-refractivity contribution in [1.82, 2.24) is 24.7 Å². The number of anilines is 1. The van der Waals surface area contributed by atoms with Crippen molar-refractivity contribution in [2.45, 2.75) is 0 Å². The molecule has 8 nitrogen and oxygen atoms in total. The number of hydrogen-bond donors (Lipinski definition) is 1. The number of oxazole rings is 1. The van der Waals surface area contributed by atoms with E-state index in [2.05, 4.69) is 41.4 Å². The van der Waals surface area contributed by atoms with Crippen LogP contribution < -0.4 is 5.32 Å². The van der Waals surface area contributed by atoms with Crippen LogP contribution in [0.1, 0.15) is 10.5 Å². The topological polar surface area (TPSA) is 98.7 Å². The lowest BCUT2D eigenvalue weighted by Crippen LogP contribution is -2.15. The normalized spacial score (nSPS) is 11.0. The third-order valence-electron chi connectivity index (χ3n) is 4.48. The van der Waals surface area contributed by atoms with E-state index in [-0.39, 0.29) is 17.1 Å². The fourth-order valence-electron chi connectivity index (χ4n) is 3.00. The van der Waals surface area contributed by atoms with Crippen LogP contribution in [0.2, 0.25) is 0 Å². The minimum atomic E-state index is -0.425. The number of benzene rings is 2. The first-order valence-electron chi connectivity index (χ1n) is 9.07. The van der Waals surface area contributed by atoms with Gasteiger partial charge in [-0.05, 0) is 58.4 Å². The third kappa shape index (κ3) is 3.68. The van der Waals surface area contributed by atoms with E-state index < -0.39 is 11.7 Å². The van der Waals surface area contributed by atoms with Gasteiger partial charge in [-0.25, -0.2) is 14.4 Å². The van der Waals surface area contributed by atoms with Crippen LogP contribution in [0, 0.1) is 5.82 Å². The summed E-state index contributed by atoms with van der Waals surface area (Å²) in [5, 5.41) is 10.3. The lowest BCUT2D eigenvalue weighted by molar-refractivity contribution is 0.102. The molecule has 0 saturated carbocycles. The summed E-state index contributed by atoms with van der Waals surface area (Å²) in [6.45, 7) is 0. The number of nitrogens with zero attached hydrogens (tertiary/aromatic N) is 5. The molecule has 10 heteroatoms. The second-order valence-corrected chi connectivity index (χ2v) is 7.36. The number of fused-ring (bicyclic) bond motifs is 1. The van der Waals surface area contributed by atoms with Crippen molar-refractivity contribution >= 4 is 38.6 Å². The molecule has 5 rings (SSSR count). The smallest absolute Gasteiger partial charge is 0.275 e. The lowest BCUT2D eigenvalue weighted by atomic mass is 10.2. The first-order chi connectivity index (χ1) is 15.1. The number of carbonyl (C=O) groups excluding carboxylic acids is 1. The number of pyridine rings is 1. The largest absolute Gasteiger partial charge is 0.436 e. The number of halogens is 2. The Morgan fingerprint density at radius 1 is 1.03 bits per heavy atom. The fourth-order valence-corrected chi connectivity index (χ4v) is 3.40. The number of amides is 1. The second kappa shape index (κ2) is 7.73. The van der Waals surface area contributed by atoms with Crippen molar-refractivity contribution in [2.75, 3.05) is 5.32 Å². The third-order valence-corrected chi connectivity index (χ3v) is 5.12. The van der Waals surface area contributed by atoms with Gasteiger partial charge >= 0.3 is 0 Å². The highest BCUT2D eigenvalue weighted by molar-refractivity contribution is 9.10. The van der Waals surface area contributed by atoms with Gasteiger partial charge in [0.15, 0.2) is 5.58 Å². The molecule has 1 amide bonds. The minimum Gasteiger partial charge on any atom is -0.436 e. The Labute approximate surface area is 182 Å². The SMILES string of the molecule is O=C(Nc1ccc2oc(-c3ccccc3F)nc2c1)c1nc(-n2cnnc2)ccc1Br. The van der Waals surface area contributed by atoms with Crippen molar-refractivity contribution in [2.24, 2.45) is 0 Å². The van der Waals surface area contributed by atoms with Gasteiger partial charge in [0.05, 0.1) is 5.56 Å². The first kappa shape index (κ1) is 19.1. The summed E-state index contributed by atoms with van der Waals surface area (Å²) in [7, 11) is 0. The molecule has 3 heterocycles. The van der Waals surface area contributed by atoms with Crippen LogP contribution >= 0.6 is 15.9 Å². The maximum absolute atomic E-state index is 14.0. The molecule has 0 aliphatic rings. The van der Waals surface area contributed by atoms with Crippen molar-refractivity contribution < 1.29 is 13.6 Å². The van der Waals surface area contributed by atoms with Crippen molar-refractivity contribution in [1.29, 1.82) is 0 Å². The molecule has 0 radical (unpaired) electrons. The minimum absolute atomic E-state index is 0.169. The Kier molecular flexibility index (Phi) is 4.75. The van der Waals surface area contributed by atoms with E-state index in [0.717, 1.165) is 0 Å². The van der Waals surface area contributed by atoms with E-state index in [9.17, 15) is 9.18 Å². The van der Waals surface area contributed by atoms with Gasteiger partial charge in [-0.3, -0.25) is 9.36 Å². The van der Waals surface area contributed by atoms with Crippen LogP contribution in [0.25, 0.3) is 28.4 Å². The van der Waals surface area contributed by atoms with Crippen LogP contribution in [0.3, 0.4) is 0 Å². The predicted octanol–water partition coefficient (Wildman–Crippen LogP) is 4.62. The van der Waals surface area contributed by atoms with E-state index in [4.69, 9.17) is 4.42 Å². The molecule has 0 bridgehead atoms. The van der Waals surface area contributed by atoms with Crippen molar-refractivity contribution in [3.63, 3.8) is 0 Å². The molecule has 0 fully saturated rings. The summed E-state index contributed by atoms with van der Waals surface area (Å²) in [5.74, 6) is -0.173. The Balaban J connectivity index is 1.44. The van der Waals surface area contributed by atoms with Gasteiger partial charge in [-0.1, -0.05) is 12.1 Å². The molecule has 152 valence electrons. The number of aromatic nitrogens is 5. The van der Waals surface area contributed by atoms with Gasteiger partial charge in [0.1, 0.15) is 35.5 Å². The molecule has 3 aromatic heterocycles. The molecule has 5 aromatic rings. The number of nitrogens with one attached hydrogen (secondary N) is 1. The van der Waals surface area contributed by atoms with Gasteiger partial charge in [0, 0.05) is 10.2 Å². The van der Waals surface area contributed by atoms with Gasteiger partial charge < -0.3 is 9.73 Å². The van der Waals surface area contributed by atoms with Crippen LogP contribution in [0.5, 0.6) is 0 Å². The first-order valence-corrected chi connectivity index (χ1v) is 9.86. The van der Waals surface area contributed by atoms with E-state index in [1.165, 1.54) is 18.7 Å². The Bertz CT molecular complexity index is 1420. The van der Waals surface area contributed by atoms with E-state index in [1.54, 1.807) is 53.1 Å². The molecule has 0 aliphatic heterocycles. The fraction of sp³-hybridized carbons (Fsp3) is 0. The second-order valence-electron chi connectivity index (χ2n) is 6.50. The van der Waals surface area contributed by atoms with Crippen LogP contribution in [-0.2, 0) is 0 Å². The number of rotatable bonds is 4. The summed E-state index contributed by atoms with van der Waals surface area (Å²) in [4.78, 5) is 21.6. The monoisotopic (exact) mass is 478 g/mol. The maximum Gasteiger partial charge on any atom is 0.275 e. The molecule has 1 N–H and O–H groups in total. The molecule has 31 heavy (non-hydrogen) atoms. The lowest BCUT2D eigenvalue weighted by Gasteiger charge is -2.08. The standard InChI is InChI=1S/C21H12BrFN6O2/c22-14-6-8-18(29-10-24-25-11-29)28-19(14)20(30)26-12-5-7-17-16(9-12)27-21(31-17)13-3-1-2-4-15(13)23/h1-11H,(H,26,30). The highest BCUT2D eigenvalue weighted by Crippen LogP contribution is 2.28. The summed E-state index contributed by atoms with van der Waals surface area (Å²) < 4.78 is 21.8. The maximum atomic E-state index is 14.0. The molecule has 0 atom stereocenters. The van der Waals surface area contributed by atoms with Crippen LogP contribution in [0.15, 0.2) is 76.1 Å². The van der Waals surface area contributed by atoms with E-state index in [0.29, 0.717) is 27.1 Å². The molecule has 0 unspecified atom stereocenters. The molecule has 0 saturated heterocycles. The van der Waals surface area contributed by atoms with Gasteiger partial charge in [-0.15, -0.1) is 10.2 Å². The molecule has 2 aromatic carbocycles. The van der Waals surface area contributed by atoms with E-state index >= 15 is 0 Å². The summed E-state index contributed by atoms with van der Waals surface area (Å²) in [5.41, 5.74) is 1.92. The van der Waals surface area contributed by atoms with Gasteiger partial charge in [0.25, 0.3) is 5.91 Å². The summed E-state index contributed by atoms with van der Waals surface area (Å²) >= 11 is 3.36. The van der Waals surface area contributed by atoms with E-state index in [1.807, 2.05) is 0 Å². The summed E-state index contributed by atoms with van der Waals surface area (Å²) in [6.07, 6.45) is 2.98. The molecular weight excluding hydrogens is 467 g/mol. The number of carbonyl (C=O) groups is 1. The molecular formula is C21H12BrFN6O2. The van der Waals surface area contributed by atoms with Gasteiger partial charge in [0.2, 0.25) is 5.89 Å². The zero-order chi connectivity index (χ0) is 21.4. The summed E-state index contributed by atoms with van der Waals surface area (Å²) in [6, 6.07) is 14.7. The average Bonchev–Trinajstić information content (AvgIpc) is 3.44. The predicted molar refractivity (Wildman–Crippen MR) is 114 cm³/mol. The highest BCUT2D eigenvalue weighted by Gasteiger charge is 2.16. The molecule has 0 aliphatic carbocycles. The van der Waals surface area contributed by atoms with Crippen LogP contribution in [0.4, 0.5) is 10.1 Å². The number of hydrogen-bond acceptors (Lipinski definition) is 6. The zero-order valence-electron chi connectivity index (χ0n) is 15.7. The van der Waals surface area contributed by atoms with Gasteiger partial charge in [-0.2, -0.15) is 0 Å².